The van der Waals surface area contributed by atoms with Gasteiger partial charge in [-0.25, -0.2) is 0 Å². The fourth-order valence-electron chi connectivity index (χ4n) is 3.11. The van der Waals surface area contributed by atoms with Gasteiger partial charge >= 0.3 is 6.18 Å². The lowest BCUT2D eigenvalue weighted by molar-refractivity contribution is -0.137. The lowest BCUT2D eigenvalue weighted by Crippen LogP contribution is -2.42. The highest BCUT2D eigenvalue weighted by molar-refractivity contribution is 5.95. The zero-order valence-corrected chi connectivity index (χ0v) is 12.4. The fraction of sp³-hybridized carbons (Fsp3) is 0.533. The Morgan fingerprint density at radius 3 is 2.78 bits per heavy atom. The van der Waals surface area contributed by atoms with E-state index in [1.165, 1.54) is 6.07 Å². The van der Waals surface area contributed by atoms with Gasteiger partial charge in [-0.05, 0) is 24.6 Å². The second-order valence-electron chi connectivity index (χ2n) is 5.94. The molecule has 0 aliphatic carbocycles. The Bertz CT molecular complexity index is 606. The van der Waals surface area contributed by atoms with Crippen molar-refractivity contribution in [3.63, 3.8) is 0 Å². The molecule has 2 fully saturated rings. The molecule has 1 amide bonds. The van der Waals surface area contributed by atoms with Crippen molar-refractivity contribution in [2.45, 2.75) is 24.7 Å². The van der Waals surface area contributed by atoms with Crippen molar-refractivity contribution in [2.24, 2.45) is 0 Å². The van der Waals surface area contributed by atoms with Crippen molar-refractivity contribution >= 4 is 11.6 Å². The smallest absolute Gasteiger partial charge is 0.399 e. The van der Waals surface area contributed by atoms with Crippen molar-refractivity contribution in [1.82, 2.24) is 10.2 Å². The molecule has 23 heavy (non-hydrogen) atoms. The van der Waals surface area contributed by atoms with Gasteiger partial charge in [0.05, 0.1) is 18.3 Å². The maximum atomic E-state index is 12.7. The number of fused-ring (bicyclic) bond motifs is 2. The van der Waals surface area contributed by atoms with Crippen LogP contribution < -0.4 is 11.1 Å². The van der Waals surface area contributed by atoms with E-state index < -0.39 is 17.6 Å². The minimum atomic E-state index is -4.53. The summed E-state index contributed by atoms with van der Waals surface area (Å²) in [5.41, 5.74) is 4.38. The van der Waals surface area contributed by atoms with Gasteiger partial charge in [-0.3, -0.25) is 9.69 Å². The van der Waals surface area contributed by atoms with Crippen LogP contribution in [0, 0.1) is 0 Å². The number of amides is 1. The van der Waals surface area contributed by atoms with Crippen molar-refractivity contribution < 1.29 is 22.7 Å². The van der Waals surface area contributed by atoms with Crippen LogP contribution in [0.5, 0.6) is 0 Å². The summed E-state index contributed by atoms with van der Waals surface area (Å²) in [5, 5.41) is 2.65. The Morgan fingerprint density at radius 2 is 2.17 bits per heavy atom. The van der Waals surface area contributed by atoms with Crippen molar-refractivity contribution in [3.05, 3.63) is 29.3 Å². The molecule has 5 nitrogen and oxygen atoms in total. The van der Waals surface area contributed by atoms with Gasteiger partial charge < -0.3 is 15.8 Å². The number of morpholine rings is 1. The molecule has 8 heteroatoms. The summed E-state index contributed by atoms with van der Waals surface area (Å²) in [6, 6.07) is 3.27. The number of anilines is 1. The van der Waals surface area contributed by atoms with Crippen LogP contribution in [0.4, 0.5) is 18.9 Å². The van der Waals surface area contributed by atoms with Crippen LogP contribution >= 0.6 is 0 Å². The summed E-state index contributed by atoms with van der Waals surface area (Å²) in [7, 11) is 0. The van der Waals surface area contributed by atoms with Crippen LogP contribution in [0.2, 0.25) is 0 Å². The van der Waals surface area contributed by atoms with E-state index >= 15 is 0 Å². The van der Waals surface area contributed by atoms with E-state index in [0.717, 1.165) is 25.1 Å². The molecule has 0 saturated carbocycles. The highest BCUT2D eigenvalue weighted by atomic mass is 19.4. The number of benzene rings is 1. The molecule has 2 aliphatic heterocycles. The maximum absolute atomic E-state index is 12.7. The number of nitrogen functional groups attached to an aromatic ring is 1. The fourth-order valence-corrected chi connectivity index (χ4v) is 3.11. The number of carbonyl (C=O) groups is 1. The predicted molar refractivity (Wildman–Crippen MR) is 77.9 cm³/mol. The molecule has 0 spiro atoms. The van der Waals surface area contributed by atoms with Gasteiger partial charge in [0.1, 0.15) is 0 Å². The molecule has 126 valence electrons. The Labute approximate surface area is 131 Å². The normalized spacial score (nSPS) is 24.1. The van der Waals surface area contributed by atoms with Crippen LogP contribution in [0.15, 0.2) is 18.2 Å². The first-order valence-electron chi connectivity index (χ1n) is 7.44. The molecular formula is C15H18F3N3O2. The van der Waals surface area contributed by atoms with E-state index in [-0.39, 0.29) is 17.4 Å². The quantitative estimate of drug-likeness (QED) is 0.822. The lowest BCUT2D eigenvalue weighted by Gasteiger charge is -2.26. The first-order valence-corrected chi connectivity index (χ1v) is 7.44. The zero-order chi connectivity index (χ0) is 16.6. The molecule has 3 rings (SSSR count). The third-order valence-electron chi connectivity index (χ3n) is 4.24. The van der Waals surface area contributed by atoms with E-state index in [0.29, 0.717) is 25.7 Å². The predicted octanol–water partition coefficient (Wildman–Crippen LogP) is 1.49. The van der Waals surface area contributed by atoms with Crippen LogP contribution in [0.1, 0.15) is 22.3 Å². The van der Waals surface area contributed by atoms with Gasteiger partial charge in [-0.1, -0.05) is 0 Å². The van der Waals surface area contributed by atoms with Crippen LogP contribution in [0.25, 0.3) is 0 Å². The Balaban J connectivity index is 1.57. The minimum absolute atomic E-state index is 0.0800. The average Bonchev–Trinajstić information content (AvgIpc) is 3.08. The van der Waals surface area contributed by atoms with Gasteiger partial charge in [0.2, 0.25) is 0 Å². The van der Waals surface area contributed by atoms with E-state index in [9.17, 15) is 18.0 Å². The standard InChI is InChI=1S/C15H18F3N3O2/c16-15(17,18)10-3-9(4-11(19)5-10)14(22)20-1-2-21-7-13-6-12(21)8-23-13/h3-5,12-13H,1-2,6-8,19H2,(H,20,22)/t12-,13-/m0/s1. The third kappa shape index (κ3) is 3.59. The average molecular weight is 329 g/mol. The number of likely N-dealkylation sites (tertiary alicyclic amines) is 1. The molecule has 2 saturated heterocycles. The number of nitrogens with zero attached hydrogens (tertiary/aromatic N) is 1. The topological polar surface area (TPSA) is 67.6 Å². The third-order valence-corrected chi connectivity index (χ3v) is 4.24. The number of carbonyl (C=O) groups excluding carboxylic acids is 1. The Hall–Kier alpha value is -1.80. The maximum Gasteiger partial charge on any atom is 0.416 e. The molecule has 2 heterocycles. The van der Waals surface area contributed by atoms with Crippen molar-refractivity contribution in [2.75, 3.05) is 32.0 Å². The number of hydrogen-bond donors (Lipinski definition) is 2. The van der Waals surface area contributed by atoms with Crippen molar-refractivity contribution in [1.29, 1.82) is 0 Å². The van der Waals surface area contributed by atoms with E-state index in [4.69, 9.17) is 10.5 Å². The largest absolute Gasteiger partial charge is 0.416 e. The van der Waals surface area contributed by atoms with Gasteiger partial charge in [-0.15, -0.1) is 0 Å². The van der Waals surface area contributed by atoms with Crippen LogP contribution in [0.3, 0.4) is 0 Å². The van der Waals surface area contributed by atoms with Gasteiger partial charge in [0.15, 0.2) is 0 Å². The van der Waals surface area contributed by atoms with E-state index in [2.05, 4.69) is 10.2 Å². The number of nitrogens with two attached hydrogens (primary N) is 1. The summed E-state index contributed by atoms with van der Waals surface area (Å²) in [6.07, 6.45) is -3.24. The van der Waals surface area contributed by atoms with Gasteiger partial charge in [0.25, 0.3) is 5.91 Å². The number of ether oxygens (including phenoxy) is 1. The van der Waals surface area contributed by atoms with Gasteiger partial charge in [-0.2, -0.15) is 13.2 Å². The lowest BCUT2D eigenvalue weighted by atomic mass is 10.1. The second kappa shape index (κ2) is 6.01. The molecular weight excluding hydrogens is 311 g/mol. The summed E-state index contributed by atoms with van der Waals surface area (Å²) in [6.45, 7) is 2.59. The summed E-state index contributed by atoms with van der Waals surface area (Å²) in [4.78, 5) is 14.3. The number of hydrogen-bond acceptors (Lipinski definition) is 4. The van der Waals surface area contributed by atoms with Crippen LogP contribution in [-0.4, -0.2) is 49.2 Å². The molecule has 2 bridgehead atoms. The highest BCUT2D eigenvalue weighted by Crippen LogP contribution is 2.31. The Morgan fingerprint density at radius 1 is 1.39 bits per heavy atom. The highest BCUT2D eigenvalue weighted by Gasteiger charge is 2.38. The van der Waals surface area contributed by atoms with Crippen LogP contribution in [-0.2, 0) is 10.9 Å². The zero-order valence-electron chi connectivity index (χ0n) is 12.4. The molecule has 2 aliphatic rings. The summed E-state index contributed by atoms with van der Waals surface area (Å²) >= 11 is 0. The van der Waals surface area contributed by atoms with Crippen molar-refractivity contribution in [3.8, 4) is 0 Å². The summed E-state index contributed by atoms with van der Waals surface area (Å²) in [5.74, 6) is -0.552. The molecule has 1 aromatic carbocycles. The Kier molecular flexibility index (Phi) is 4.20. The second-order valence-corrected chi connectivity index (χ2v) is 5.94. The van der Waals surface area contributed by atoms with E-state index in [1.54, 1.807) is 0 Å². The minimum Gasteiger partial charge on any atom is -0.399 e. The number of halogens is 3. The molecule has 0 unspecified atom stereocenters. The van der Waals surface area contributed by atoms with E-state index in [1.807, 2.05) is 0 Å². The first-order chi connectivity index (χ1) is 10.8. The monoisotopic (exact) mass is 329 g/mol. The molecule has 3 N–H and O–H groups in total. The number of rotatable bonds is 4. The summed E-state index contributed by atoms with van der Waals surface area (Å²) < 4.78 is 43.7. The molecule has 2 atom stereocenters. The first kappa shape index (κ1) is 16.1. The molecule has 0 aromatic heterocycles. The number of alkyl halides is 3. The number of nitrogens with one attached hydrogen (secondary N) is 1. The molecule has 1 aromatic rings. The van der Waals surface area contributed by atoms with Gasteiger partial charge in [0, 0.05) is 36.9 Å². The molecule has 0 radical (unpaired) electrons. The SMILES string of the molecule is Nc1cc(C(=O)NCCN2C[C@@H]3C[C@H]2CO3)cc(C(F)(F)F)c1.